The number of fused-ring (bicyclic) bond motifs is 1. The van der Waals surface area contributed by atoms with Crippen LogP contribution in [0.3, 0.4) is 0 Å². The van der Waals surface area contributed by atoms with Crippen LogP contribution in [0.1, 0.15) is 17.3 Å². The molecule has 122 valence electrons. The first-order chi connectivity index (χ1) is 11.5. The zero-order valence-electron chi connectivity index (χ0n) is 12.6. The number of nitro groups is 1. The summed E-state index contributed by atoms with van der Waals surface area (Å²) in [6, 6.07) is 8.06. The number of hydrogen-bond donors (Lipinski definition) is 1. The van der Waals surface area contributed by atoms with Crippen LogP contribution < -0.4 is 5.32 Å². The topological polar surface area (TPSA) is 103 Å². The Kier molecular flexibility index (Phi) is 3.90. The number of benzene rings is 2. The van der Waals surface area contributed by atoms with Crippen LogP contribution in [-0.2, 0) is 6.54 Å². The van der Waals surface area contributed by atoms with E-state index in [1.807, 2.05) is 6.92 Å². The van der Waals surface area contributed by atoms with E-state index in [1.165, 1.54) is 6.07 Å². The highest BCUT2D eigenvalue weighted by molar-refractivity contribution is 6.06. The fraction of sp³-hybridized carbons (Fsp3) is 0.133. The van der Waals surface area contributed by atoms with Crippen LogP contribution in [0.4, 0.5) is 15.8 Å². The van der Waals surface area contributed by atoms with E-state index >= 15 is 0 Å². The molecule has 0 atom stereocenters. The lowest BCUT2D eigenvalue weighted by Gasteiger charge is -2.06. The number of aryl methyl sites for hydroxylation is 1. The van der Waals surface area contributed by atoms with Gasteiger partial charge in [-0.25, -0.2) is 4.68 Å². The van der Waals surface area contributed by atoms with Gasteiger partial charge in [-0.3, -0.25) is 14.9 Å². The summed E-state index contributed by atoms with van der Waals surface area (Å²) in [7, 11) is 0. The van der Waals surface area contributed by atoms with Crippen LogP contribution in [0.25, 0.3) is 11.0 Å². The third-order valence-electron chi connectivity index (χ3n) is 3.48. The van der Waals surface area contributed by atoms with Crippen LogP contribution in [0.5, 0.6) is 0 Å². The van der Waals surface area contributed by atoms with Crippen LogP contribution in [0, 0.1) is 15.9 Å². The first-order valence-corrected chi connectivity index (χ1v) is 7.08. The van der Waals surface area contributed by atoms with Gasteiger partial charge in [-0.1, -0.05) is 5.21 Å². The molecule has 24 heavy (non-hydrogen) atoms. The first-order valence-electron chi connectivity index (χ1n) is 7.08. The summed E-state index contributed by atoms with van der Waals surface area (Å²) in [5, 5.41) is 21.2. The fourth-order valence-corrected chi connectivity index (χ4v) is 2.28. The van der Waals surface area contributed by atoms with Crippen molar-refractivity contribution in [3.63, 3.8) is 0 Å². The van der Waals surface area contributed by atoms with Crippen molar-refractivity contribution in [2.45, 2.75) is 13.5 Å². The molecule has 0 unspecified atom stereocenters. The average molecular weight is 329 g/mol. The van der Waals surface area contributed by atoms with Gasteiger partial charge in [0.05, 0.1) is 10.4 Å². The van der Waals surface area contributed by atoms with E-state index in [2.05, 4.69) is 15.6 Å². The van der Waals surface area contributed by atoms with Crippen LogP contribution in [0.15, 0.2) is 36.4 Å². The molecule has 2 aromatic carbocycles. The number of nitro benzene ring substituents is 1. The van der Waals surface area contributed by atoms with Crippen molar-refractivity contribution in [1.29, 1.82) is 0 Å². The Balaban J connectivity index is 1.87. The van der Waals surface area contributed by atoms with Crippen molar-refractivity contribution < 1.29 is 14.1 Å². The molecule has 9 heteroatoms. The summed E-state index contributed by atoms with van der Waals surface area (Å²) in [6.45, 7) is 2.58. The molecule has 1 amide bonds. The number of nitrogens with zero attached hydrogens (tertiary/aromatic N) is 4. The Morgan fingerprint density at radius 2 is 2.12 bits per heavy atom. The monoisotopic (exact) mass is 329 g/mol. The second-order valence-corrected chi connectivity index (χ2v) is 4.99. The lowest BCUT2D eigenvalue weighted by Crippen LogP contribution is -2.12. The molecule has 3 aromatic rings. The van der Waals surface area contributed by atoms with Gasteiger partial charge in [0.25, 0.3) is 5.91 Å². The highest BCUT2D eigenvalue weighted by Gasteiger charge is 2.16. The molecule has 0 bridgehead atoms. The van der Waals surface area contributed by atoms with E-state index in [0.29, 0.717) is 17.6 Å². The number of nitrogens with one attached hydrogen (secondary N) is 1. The highest BCUT2D eigenvalue weighted by Crippen LogP contribution is 2.22. The van der Waals surface area contributed by atoms with Crippen LogP contribution in [0.2, 0.25) is 0 Å². The zero-order valence-corrected chi connectivity index (χ0v) is 12.6. The second kappa shape index (κ2) is 6.03. The summed E-state index contributed by atoms with van der Waals surface area (Å²) >= 11 is 0. The van der Waals surface area contributed by atoms with Crippen LogP contribution in [-0.4, -0.2) is 25.8 Å². The van der Waals surface area contributed by atoms with Crippen molar-refractivity contribution in [2.24, 2.45) is 0 Å². The molecule has 0 saturated carbocycles. The van der Waals surface area contributed by atoms with E-state index in [0.717, 1.165) is 17.6 Å². The van der Waals surface area contributed by atoms with Gasteiger partial charge in [0, 0.05) is 23.9 Å². The molecular formula is C15H12FN5O3. The minimum absolute atomic E-state index is 0.130. The molecule has 1 aromatic heterocycles. The van der Waals surface area contributed by atoms with E-state index in [9.17, 15) is 19.3 Å². The summed E-state index contributed by atoms with van der Waals surface area (Å²) in [5.74, 6) is -1.44. The largest absolute Gasteiger partial charge is 0.322 e. The molecule has 1 N–H and O–H groups in total. The Labute approximate surface area is 135 Å². The lowest BCUT2D eigenvalue weighted by molar-refractivity contribution is -0.387. The Morgan fingerprint density at radius 3 is 2.83 bits per heavy atom. The standard InChI is InChI=1S/C15H12FN5O3/c1-2-20-13-6-3-9(7-12(13)18-19-20)15(22)17-10-4-5-11(16)14(8-10)21(23)24/h3-8H,2H2,1H3,(H,17,22). The van der Waals surface area contributed by atoms with Gasteiger partial charge in [0.2, 0.25) is 5.82 Å². The van der Waals surface area contributed by atoms with Crippen LogP contribution >= 0.6 is 0 Å². The molecule has 8 nitrogen and oxygen atoms in total. The number of amides is 1. The number of carbonyl (C=O) groups excluding carboxylic acids is 1. The molecule has 0 saturated heterocycles. The molecule has 0 spiro atoms. The van der Waals surface area contributed by atoms with Crippen molar-refractivity contribution >= 4 is 28.3 Å². The molecular weight excluding hydrogens is 317 g/mol. The van der Waals surface area contributed by atoms with Gasteiger partial charge in [-0.05, 0) is 37.3 Å². The quantitative estimate of drug-likeness (QED) is 0.585. The smallest absolute Gasteiger partial charge is 0.306 e. The normalized spacial score (nSPS) is 10.8. The van der Waals surface area contributed by atoms with E-state index < -0.39 is 22.3 Å². The second-order valence-electron chi connectivity index (χ2n) is 4.99. The number of halogens is 1. The number of carbonyl (C=O) groups is 1. The SMILES string of the molecule is CCn1nnc2cc(C(=O)Nc3ccc(F)c([N+](=O)[O-])c3)ccc21. The summed E-state index contributed by atoms with van der Waals surface area (Å²) in [6.07, 6.45) is 0. The Bertz CT molecular complexity index is 953. The van der Waals surface area contributed by atoms with Crippen molar-refractivity contribution in [3.8, 4) is 0 Å². The highest BCUT2D eigenvalue weighted by atomic mass is 19.1. The summed E-state index contributed by atoms with van der Waals surface area (Å²) in [5.41, 5.74) is 1.11. The van der Waals surface area contributed by atoms with E-state index in [-0.39, 0.29) is 5.69 Å². The predicted molar refractivity (Wildman–Crippen MR) is 84.2 cm³/mol. The van der Waals surface area contributed by atoms with E-state index in [1.54, 1.807) is 22.9 Å². The zero-order chi connectivity index (χ0) is 17.3. The molecule has 0 radical (unpaired) electrons. The first kappa shape index (κ1) is 15.5. The molecule has 0 aliphatic heterocycles. The fourth-order valence-electron chi connectivity index (χ4n) is 2.28. The number of aromatic nitrogens is 3. The molecule has 1 heterocycles. The maximum Gasteiger partial charge on any atom is 0.306 e. The Hall–Kier alpha value is -3.36. The summed E-state index contributed by atoms with van der Waals surface area (Å²) < 4.78 is 15.0. The van der Waals surface area contributed by atoms with Gasteiger partial charge in [-0.2, -0.15) is 4.39 Å². The maximum atomic E-state index is 13.3. The number of rotatable bonds is 4. The van der Waals surface area contributed by atoms with E-state index in [4.69, 9.17) is 0 Å². The molecule has 0 fully saturated rings. The van der Waals surface area contributed by atoms with Gasteiger partial charge in [-0.15, -0.1) is 5.10 Å². The number of anilines is 1. The predicted octanol–water partition coefficient (Wildman–Crippen LogP) is 2.75. The lowest BCUT2D eigenvalue weighted by atomic mass is 10.1. The van der Waals surface area contributed by atoms with Crippen molar-refractivity contribution in [2.75, 3.05) is 5.32 Å². The molecule has 0 aliphatic carbocycles. The average Bonchev–Trinajstić information content (AvgIpc) is 2.98. The third kappa shape index (κ3) is 2.78. The van der Waals surface area contributed by atoms with Crippen molar-refractivity contribution in [3.05, 3.63) is 57.9 Å². The van der Waals surface area contributed by atoms with Crippen molar-refractivity contribution in [1.82, 2.24) is 15.0 Å². The summed E-state index contributed by atoms with van der Waals surface area (Å²) in [4.78, 5) is 22.2. The van der Waals surface area contributed by atoms with Gasteiger partial charge >= 0.3 is 5.69 Å². The van der Waals surface area contributed by atoms with Gasteiger partial charge < -0.3 is 5.32 Å². The minimum atomic E-state index is -0.962. The Morgan fingerprint density at radius 1 is 1.33 bits per heavy atom. The molecule has 3 rings (SSSR count). The van der Waals surface area contributed by atoms with Gasteiger partial charge in [0.1, 0.15) is 5.52 Å². The minimum Gasteiger partial charge on any atom is -0.322 e. The number of hydrogen-bond acceptors (Lipinski definition) is 5. The third-order valence-corrected chi connectivity index (χ3v) is 3.48. The van der Waals surface area contributed by atoms with Gasteiger partial charge in [0.15, 0.2) is 0 Å². The maximum absolute atomic E-state index is 13.3. The molecule has 0 aliphatic rings.